The first-order valence-electron chi connectivity index (χ1n) is 10.5. The Labute approximate surface area is 177 Å². The predicted molar refractivity (Wildman–Crippen MR) is 113 cm³/mol. The van der Waals surface area contributed by atoms with E-state index in [4.69, 9.17) is 9.15 Å². The van der Waals surface area contributed by atoms with Crippen LogP contribution in [0.1, 0.15) is 35.8 Å². The highest BCUT2D eigenvalue weighted by Gasteiger charge is 2.21. The van der Waals surface area contributed by atoms with E-state index < -0.39 is 6.10 Å². The van der Waals surface area contributed by atoms with E-state index in [1.807, 2.05) is 44.2 Å². The molecular weight excluding hydrogens is 384 g/mol. The molecule has 0 radical (unpaired) electrons. The molecule has 1 saturated heterocycles. The van der Waals surface area contributed by atoms with Crippen molar-refractivity contribution in [2.45, 2.75) is 39.1 Å². The van der Waals surface area contributed by atoms with Crippen molar-refractivity contribution in [3.05, 3.63) is 53.7 Å². The van der Waals surface area contributed by atoms with Crippen LogP contribution in [0.3, 0.4) is 0 Å². The van der Waals surface area contributed by atoms with Gasteiger partial charge in [-0.05, 0) is 19.4 Å². The Morgan fingerprint density at radius 2 is 1.90 bits per heavy atom. The van der Waals surface area contributed by atoms with Gasteiger partial charge in [-0.25, -0.2) is 4.98 Å². The largest absolute Gasteiger partial charge is 0.447 e. The van der Waals surface area contributed by atoms with Gasteiger partial charge >= 0.3 is 0 Å². The number of carbonyl (C=O) groups is 1. The molecule has 0 spiro atoms. The number of nitrogens with one attached hydrogen (secondary N) is 1. The topological polar surface area (TPSA) is 91.1 Å². The second kappa shape index (κ2) is 11.2. The molecule has 0 saturated carbocycles. The molecule has 8 heteroatoms. The van der Waals surface area contributed by atoms with Gasteiger partial charge in [0, 0.05) is 39.3 Å². The number of carbonyl (C=O) groups excluding carboxylic acids is 1. The molecule has 1 fully saturated rings. The van der Waals surface area contributed by atoms with Crippen LogP contribution in [-0.4, -0.2) is 77.3 Å². The Hall–Kier alpha value is -2.26. The van der Waals surface area contributed by atoms with E-state index in [9.17, 15) is 9.90 Å². The Balaban J connectivity index is 1.38. The minimum absolute atomic E-state index is 0.127. The van der Waals surface area contributed by atoms with Crippen molar-refractivity contribution in [1.82, 2.24) is 20.1 Å². The smallest absolute Gasteiger partial charge is 0.273 e. The maximum Gasteiger partial charge on any atom is 0.273 e. The highest BCUT2D eigenvalue weighted by atomic mass is 16.5. The lowest BCUT2D eigenvalue weighted by Gasteiger charge is -2.35. The van der Waals surface area contributed by atoms with E-state index in [0.29, 0.717) is 37.8 Å². The van der Waals surface area contributed by atoms with Crippen molar-refractivity contribution in [3.63, 3.8) is 0 Å². The number of β-amino-alcohol motifs (C(OH)–C–C–N with tert-alkyl or cyclic N) is 1. The molecule has 1 aromatic heterocycles. The number of piperazine rings is 1. The number of aliphatic hydroxyl groups excluding tert-OH is 1. The summed E-state index contributed by atoms with van der Waals surface area (Å²) in [5, 5.41) is 12.9. The molecule has 1 aliphatic rings. The zero-order valence-electron chi connectivity index (χ0n) is 17.8. The molecule has 1 atom stereocenters. The van der Waals surface area contributed by atoms with E-state index >= 15 is 0 Å². The molecule has 2 heterocycles. The summed E-state index contributed by atoms with van der Waals surface area (Å²) in [5.41, 5.74) is 1.33. The van der Waals surface area contributed by atoms with Crippen molar-refractivity contribution in [1.29, 1.82) is 0 Å². The first-order valence-corrected chi connectivity index (χ1v) is 10.5. The minimum atomic E-state index is -0.470. The third-order valence-electron chi connectivity index (χ3n) is 4.99. The summed E-state index contributed by atoms with van der Waals surface area (Å²) in [6.45, 7) is 9.38. The van der Waals surface area contributed by atoms with E-state index in [1.54, 1.807) is 0 Å². The molecule has 2 N–H and O–H groups in total. The quantitative estimate of drug-likeness (QED) is 0.607. The number of ether oxygens (including phenoxy) is 1. The lowest BCUT2D eigenvalue weighted by molar-refractivity contribution is -0.0151. The number of aromatic nitrogens is 1. The van der Waals surface area contributed by atoms with Crippen LogP contribution in [0.5, 0.6) is 0 Å². The molecule has 1 amide bonds. The van der Waals surface area contributed by atoms with Gasteiger partial charge in [0.25, 0.3) is 5.91 Å². The average molecular weight is 417 g/mol. The maximum absolute atomic E-state index is 12.3. The van der Waals surface area contributed by atoms with E-state index in [0.717, 1.165) is 31.7 Å². The monoisotopic (exact) mass is 416 g/mol. The van der Waals surface area contributed by atoms with Crippen molar-refractivity contribution >= 4 is 5.91 Å². The predicted octanol–water partition coefficient (Wildman–Crippen LogP) is 1.51. The number of aliphatic hydroxyl groups is 1. The molecule has 0 aliphatic carbocycles. The lowest BCUT2D eigenvalue weighted by Crippen LogP contribution is -2.48. The van der Waals surface area contributed by atoms with E-state index in [2.05, 4.69) is 20.1 Å². The standard InChI is InChI=1S/C22H32N4O4/c1-17(2)29-15-19(27)13-25-8-10-26(11-9-25)14-21-24-20(16-30-21)22(28)23-12-18-6-4-3-5-7-18/h3-7,16-17,19,27H,8-15H2,1-2H3,(H,23,28)/t19-/m0/s1. The molecular formula is C22H32N4O4. The van der Waals surface area contributed by atoms with Gasteiger partial charge in [-0.15, -0.1) is 0 Å². The fourth-order valence-corrected chi connectivity index (χ4v) is 3.33. The van der Waals surface area contributed by atoms with Gasteiger partial charge < -0.3 is 19.6 Å². The van der Waals surface area contributed by atoms with Crippen LogP contribution in [0, 0.1) is 0 Å². The normalized spacial score (nSPS) is 16.7. The zero-order chi connectivity index (χ0) is 21.3. The van der Waals surface area contributed by atoms with Gasteiger partial charge in [0.2, 0.25) is 5.89 Å². The Kier molecular flexibility index (Phi) is 8.39. The molecule has 1 aromatic carbocycles. The molecule has 164 valence electrons. The van der Waals surface area contributed by atoms with E-state index in [1.165, 1.54) is 6.26 Å². The van der Waals surface area contributed by atoms with Crippen LogP contribution < -0.4 is 5.32 Å². The molecule has 1 aliphatic heterocycles. The number of benzene rings is 1. The van der Waals surface area contributed by atoms with Crippen LogP contribution >= 0.6 is 0 Å². The van der Waals surface area contributed by atoms with Gasteiger partial charge in [0.05, 0.1) is 25.4 Å². The summed E-state index contributed by atoms with van der Waals surface area (Å²) in [4.78, 5) is 21.1. The second-order valence-electron chi connectivity index (χ2n) is 7.91. The molecule has 3 rings (SSSR count). The van der Waals surface area contributed by atoms with Crippen LogP contribution in [0.15, 0.2) is 41.0 Å². The zero-order valence-corrected chi connectivity index (χ0v) is 17.8. The Morgan fingerprint density at radius 1 is 1.20 bits per heavy atom. The summed E-state index contributed by atoms with van der Waals surface area (Å²) in [6.07, 6.45) is 1.07. The lowest BCUT2D eigenvalue weighted by atomic mass is 10.2. The average Bonchev–Trinajstić information content (AvgIpc) is 3.21. The summed E-state index contributed by atoms with van der Waals surface area (Å²) in [6, 6.07) is 9.75. The number of hydrogen-bond donors (Lipinski definition) is 2. The molecule has 8 nitrogen and oxygen atoms in total. The van der Waals surface area contributed by atoms with Gasteiger partial charge in [-0.2, -0.15) is 0 Å². The third kappa shape index (κ3) is 7.21. The summed E-state index contributed by atoms with van der Waals surface area (Å²) < 4.78 is 11.0. The minimum Gasteiger partial charge on any atom is -0.447 e. The van der Waals surface area contributed by atoms with Crippen LogP contribution in [0.25, 0.3) is 0 Å². The number of oxazole rings is 1. The number of hydrogen-bond acceptors (Lipinski definition) is 7. The van der Waals surface area contributed by atoms with Crippen LogP contribution in [0.4, 0.5) is 0 Å². The highest BCUT2D eigenvalue weighted by Crippen LogP contribution is 2.10. The second-order valence-corrected chi connectivity index (χ2v) is 7.91. The summed E-state index contributed by atoms with van der Waals surface area (Å²) >= 11 is 0. The SMILES string of the molecule is CC(C)OC[C@@H](O)CN1CCN(Cc2nc(C(=O)NCc3ccccc3)co2)CC1. The van der Waals surface area contributed by atoms with E-state index in [-0.39, 0.29) is 12.0 Å². The fourth-order valence-electron chi connectivity index (χ4n) is 3.33. The number of rotatable bonds is 10. The van der Waals surface area contributed by atoms with Gasteiger partial charge in [-0.3, -0.25) is 14.6 Å². The number of nitrogens with zero attached hydrogens (tertiary/aromatic N) is 3. The molecule has 2 aromatic rings. The van der Waals surface area contributed by atoms with Crippen LogP contribution in [-0.2, 0) is 17.8 Å². The van der Waals surface area contributed by atoms with Crippen molar-refractivity contribution < 1.29 is 19.1 Å². The molecule has 30 heavy (non-hydrogen) atoms. The van der Waals surface area contributed by atoms with Crippen molar-refractivity contribution in [2.75, 3.05) is 39.3 Å². The van der Waals surface area contributed by atoms with Gasteiger partial charge in [0.15, 0.2) is 5.69 Å². The number of amides is 1. The third-order valence-corrected chi connectivity index (χ3v) is 4.99. The van der Waals surface area contributed by atoms with Crippen molar-refractivity contribution in [3.8, 4) is 0 Å². The maximum atomic E-state index is 12.3. The fraction of sp³-hybridized carbons (Fsp3) is 0.545. The highest BCUT2D eigenvalue weighted by molar-refractivity contribution is 5.91. The van der Waals surface area contributed by atoms with Crippen molar-refractivity contribution in [2.24, 2.45) is 0 Å². The van der Waals surface area contributed by atoms with Gasteiger partial charge in [0.1, 0.15) is 6.26 Å². The molecule has 0 bridgehead atoms. The Bertz CT molecular complexity index is 772. The first-order chi connectivity index (χ1) is 14.5. The summed E-state index contributed by atoms with van der Waals surface area (Å²) in [7, 11) is 0. The van der Waals surface area contributed by atoms with Crippen LogP contribution in [0.2, 0.25) is 0 Å². The first kappa shape index (κ1) is 22.4. The summed E-state index contributed by atoms with van der Waals surface area (Å²) in [5.74, 6) is 0.301. The molecule has 0 unspecified atom stereocenters. The van der Waals surface area contributed by atoms with Gasteiger partial charge in [-0.1, -0.05) is 30.3 Å². The Morgan fingerprint density at radius 3 is 2.60 bits per heavy atom.